The summed E-state index contributed by atoms with van der Waals surface area (Å²) in [5.74, 6) is -2.53. The summed E-state index contributed by atoms with van der Waals surface area (Å²) in [6.07, 6.45) is -5.58. The van der Waals surface area contributed by atoms with E-state index in [1.807, 2.05) is 30.3 Å². The molecule has 4 fully saturated rings. The van der Waals surface area contributed by atoms with E-state index in [9.17, 15) is 23.7 Å². The number of primary amides is 1. The topological polar surface area (TPSA) is 299 Å². The van der Waals surface area contributed by atoms with Crippen LogP contribution in [0.4, 0.5) is 11.8 Å². The fraction of sp³-hybridized carbons (Fsp3) is 0.605. The number of carbonyl (C=O) groups is 1. The summed E-state index contributed by atoms with van der Waals surface area (Å²) in [6, 6.07) is 9.63. The first-order valence-corrected chi connectivity index (χ1v) is 24.5. The van der Waals surface area contributed by atoms with E-state index in [-0.39, 0.29) is 17.5 Å². The lowest BCUT2D eigenvalue weighted by molar-refractivity contribution is -0.199. The van der Waals surface area contributed by atoms with Crippen LogP contribution in [0.5, 0.6) is 0 Å². The highest BCUT2D eigenvalue weighted by Gasteiger charge is 2.58. The van der Waals surface area contributed by atoms with Gasteiger partial charge in [-0.25, -0.2) is 19.1 Å². The number of imidazole rings is 1. The van der Waals surface area contributed by atoms with E-state index in [0.29, 0.717) is 22.7 Å². The van der Waals surface area contributed by atoms with Gasteiger partial charge in [0.2, 0.25) is 5.95 Å². The number of aromatic nitrogens is 5. The van der Waals surface area contributed by atoms with Crippen molar-refractivity contribution in [3.63, 3.8) is 0 Å². The smallest absolute Gasteiger partial charge is 0.382 e. The molecule has 7 N–H and O–H groups in total. The fourth-order valence-corrected chi connectivity index (χ4v) is 10.7. The van der Waals surface area contributed by atoms with Crippen LogP contribution in [0, 0.1) is 0 Å². The number of nitrogens with two attached hydrogens (primary N) is 2. The van der Waals surface area contributed by atoms with Gasteiger partial charge in [-0.3, -0.25) is 18.4 Å². The highest BCUT2D eigenvalue weighted by molar-refractivity contribution is 7.61. The summed E-state index contributed by atoms with van der Waals surface area (Å²) in [6.45, 7) is 16.0. The Morgan fingerprint density at radius 3 is 2.03 bits per heavy atom. The number of ether oxygens (including phenoxy) is 6. The zero-order valence-corrected chi connectivity index (χ0v) is 38.9. The Hall–Kier alpha value is -3.55. The van der Waals surface area contributed by atoms with Crippen LogP contribution >= 0.6 is 27.0 Å². The van der Waals surface area contributed by atoms with Gasteiger partial charge in [0, 0.05) is 11.9 Å². The lowest BCUT2D eigenvalue weighted by Gasteiger charge is -2.25. The first kappa shape index (κ1) is 48.4. The molecule has 0 radical (unpaired) electrons. The monoisotopic (exact) mass is 955 g/mol. The molecule has 26 heteroatoms. The molecule has 1 aromatic carbocycles. The maximum Gasteiger partial charge on any atom is 0.481 e. The average Bonchev–Trinajstić information content (AvgIpc) is 4.08. The standard InChI is InChI=1S/C32H40N8O14P2S.C6H15N/c1-31(2)50-20-17(48-23(22(20)52-31)28-37-16(13-57-28)26(34)41)11-46-55(42,43)54-56(44,45)47-12-18-21-24(53-32(3,4)51-21)29(49-18)40-14-36-19-25(33)38-30(39-27(19)40)35-10-15-8-6-5-7-9-15;1-4-7(5-2)6-3/h5-9,13-14,17-18,20-24,29H,10-12H2,1-4H3,(H2,34,41)(H,42,43)(H,44,45)(H3,33,35,38,39);4-6H2,1-3H3/t17-,18-,20-,21-,22-,23-,24-,29-;/m1./s1. The Labute approximate surface area is 373 Å². The summed E-state index contributed by atoms with van der Waals surface area (Å²) < 4.78 is 79.1. The minimum atomic E-state index is -5.30. The first-order chi connectivity index (χ1) is 30.2. The van der Waals surface area contributed by atoms with Crippen LogP contribution in [-0.4, -0.2) is 126 Å². The van der Waals surface area contributed by atoms with Gasteiger partial charge >= 0.3 is 15.6 Å². The Morgan fingerprint density at radius 2 is 1.45 bits per heavy atom. The molecule has 1 amide bonds. The summed E-state index contributed by atoms with van der Waals surface area (Å²) in [5, 5.41) is 4.98. The molecule has 23 nitrogen and oxygen atoms in total. The van der Waals surface area contributed by atoms with Gasteiger partial charge in [0.15, 0.2) is 29.3 Å². The van der Waals surface area contributed by atoms with Crippen molar-refractivity contribution < 1.29 is 65.5 Å². The molecule has 7 heterocycles. The molecular formula is C38H55N9O14P2S. The molecule has 3 aromatic heterocycles. The molecule has 8 rings (SSSR count). The molecule has 352 valence electrons. The number of carbonyl (C=O) groups excluding carboxylic acids is 1. The van der Waals surface area contributed by atoms with Crippen molar-refractivity contribution in [2.75, 3.05) is 43.9 Å². The Bertz CT molecular complexity index is 2350. The van der Waals surface area contributed by atoms with Crippen molar-refractivity contribution in [2.24, 2.45) is 5.73 Å². The van der Waals surface area contributed by atoms with Gasteiger partial charge in [0.1, 0.15) is 58.9 Å². The molecule has 0 saturated carbocycles. The second-order valence-electron chi connectivity index (χ2n) is 16.1. The van der Waals surface area contributed by atoms with Gasteiger partial charge in [-0.05, 0) is 52.9 Å². The normalized spacial score (nSPS) is 28.6. The number of nitrogen functional groups attached to an aromatic ring is 1. The van der Waals surface area contributed by atoms with E-state index in [1.54, 1.807) is 32.3 Å². The van der Waals surface area contributed by atoms with Crippen LogP contribution in [0.15, 0.2) is 42.0 Å². The summed E-state index contributed by atoms with van der Waals surface area (Å²) in [4.78, 5) is 52.6. The third-order valence-electron chi connectivity index (χ3n) is 10.7. The van der Waals surface area contributed by atoms with E-state index in [1.165, 1.54) is 31.3 Å². The highest BCUT2D eigenvalue weighted by atomic mass is 32.1. The molecule has 4 aromatic rings. The first-order valence-electron chi connectivity index (χ1n) is 20.6. The highest BCUT2D eigenvalue weighted by Crippen LogP contribution is 2.61. The van der Waals surface area contributed by atoms with E-state index in [4.69, 9.17) is 48.9 Å². The second-order valence-corrected chi connectivity index (χ2v) is 20.0. The minimum Gasteiger partial charge on any atom is -0.382 e. The molecule has 4 aliphatic rings. The van der Waals surface area contributed by atoms with Crippen LogP contribution in [0.2, 0.25) is 0 Å². The largest absolute Gasteiger partial charge is 0.481 e. The molecule has 0 bridgehead atoms. The van der Waals surface area contributed by atoms with Crippen LogP contribution in [0.3, 0.4) is 0 Å². The number of nitrogens with one attached hydrogen (secondary N) is 1. The Kier molecular flexibility index (Phi) is 14.6. The van der Waals surface area contributed by atoms with Crippen LogP contribution in [0.25, 0.3) is 11.2 Å². The quantitative estimate of drug-likeness (QED) is 0.0924. The SMILES string of the molecule is CC1(C)O[C@@H]2[C@H](O1)[C@@H](COP(=O)(O)OP(=O)(O)OC[C@H]1O[C@@H](c3nc(C(N)=O)cs3)[C@@H]3OC(C)(C)O[C@@H]31)O[C@H]2n1cnc2c(N)nc(NCc3ccccc3)nc21.CCN(CC)CC. The molecule has 10 atom stereocenters. The van der Waals surface area contributed by atoms with Crippen molar-refractivity contribution in [3.8, 4) is 0 Å². The Balaban J connectivity index is 0.000000809. The van der Waals surface area contributed by atoms with E-state index >= 15 is 0 Å². The van der Waals surface area contributed by atoms with Crippen LogP contribution in [0.1, 0.15) is 81.9 Å². The van der Waals surface area contributed by atoms with Gasteiger partial charge in [0.25, 0.3) is 5.91 Å². The second kappa shape index (κ2) is 19.4. The van der Waals surface area contributed by atoms with Gasteiger partial charge in [-0.1, -0.05) is 51.1 Å². The number of anilines is 2. The molecule has 0 spiro atoms. The number of nitrogens with zero attached hydrogens (tertiary/aromatic N) is 6. The number of fused-ring (bicyclic) bond motifs is 3. The number of hydrogen-bond donors (Lipinski definition) is 5. The third-order valence-corrected chi connectivity index (χ3v) is 14.2. The van der Waals surface area contributed by atoms with Gasteiger partial charge < -0.3 is 59.9 Å². The number of phosphoric acid groups is 2. The molecule has 4 aliphatic heterocycles. The van der Waals surface area contributed by atoms with Crippen LogP contribution < -0.4 is 16.8 Å². The van der Waals surface area contributed by atoms with Gasteiger partial charge in [0.05, 0.1) is 19.5 Å². The summed E-state index contributed by atoms with van der Waals surface area (Å²) in [7, 11) is -10.6. The van der Waals surface area contributed by atoms with Crippen molar-refractivity contribution in [1.82, 2.24) is 29.4 Å². The fourth-order valence-electron chi connectivity index (χ4n) is 7.73. The zero-order chi connectivity index (χ0) is 46.2. The predicted octanol–water partition coefficient (Wildman–Crippen LogP) is 4.25. The summed E-state index contributed by atoms with van der Waals surface area (Å²) in [5.41, 5.74) is 13.2. The number of phosphoric ester groups is 2. The molecule has 0 aliphatic carbocycles. The van der Waals surface area contributed by atoms with E-state index < -0.39 is 95.3 Å². The number of hydrogen-bond acceptors (Lipinski definition) is 20. The molecular weight excluding hydrogens is 900 g/mol. The lowest BCUT2D eigenvalue weighted by Crippen LogP contribution is -2.33. The van der Waals surface area contributed by atoms with E-state index in [0.717, 1.165) is 16.9 Å². The predicted molar refractivity (Wildman–Crippen MR) is 229 cm³/mol. The number of benzene rings is 1. The zero-order valence-electron chi connectivity index (χ0n) is 36.3. The van der Waals surface area contributed by atoms with Gasteiger partial charge in [-0.2, -0.15) is 14.3 Å². The van der Waals surface area contributed by atoms with Crippen molar-refractivity contribution >= 4 is 55.8 Å². The van der Waals surface area contributed by atoms with E-state index in [2.05, 4.69) is 55.2 Å². The maximum atomic E-state index is 13.1. The van der Waals surface area contributed by atoms with Crippen LogP contribution in [-0.2, 0) is 57.5 Å². The van der Waals surface area contributed by atoms with Crippen molar-refractivity contribution in [2.45, 2.75) is 116 Å². The van der Waals surface area contributed by atoms with Crippen molar-refractivity contribution in [3.05, 3.63) is 58.3 Å². The molecule has 2 unspecified atom stereocenters. The maximum absolute atomic E-state index is 13.1. The average molecular weight is 956 g/mol. The van der Waals surface area contributed by atoms with Gasteiger partial charge in [-0.15, -0.1) is 11.3 Å². The summed E-state index contributed by atoms with van der Waals surface area (Å²) >= 11 is 1.11. The number of thiazole rings is 1. The third kappa shape index (κ3) is 11.2. The Morgan fingerprint density at radius 1 is 0.875 bits per heavy atom. The number of rotatable bonds is 17. The number of amides is 1. The lowest BCUT2D eigenvalue weighted by atomic mass is 10.1. The van der Waals surface area contributed by atoms with Crippen molar-refractivity contribution in [1.29, 1.82) is 0 Å². The minimum absolute atomic E-state index is 0.0287. The molecule has 4 saturated heterocycles. The molecule has 64 heavy (non-hydrogen) atoms.